The third-order valence-corrected chi connectivity index (χ3v) is 6.02. The number of hydrogen-bond acceptors (Lipinski definition) is 4. The first-order valence-electron chi connectivity index (χ1n) is 9.40. The number of benzene rings is 2. The maximum Gasteiger partial charge on any atom is 0.320 e. The van der Waals surface area contributed by atoms with Crippen molar-refractivity contribution in [3.05, 3.63) is 54.2 Å². The zero-order valence-corrected chi connectivity index (χ0v) is 16.1. The Morgan fingerprint density at radius 2 is 1.89 bits per heavy atom. The molecule has 2 aromatic carbocycles. The molecule has 0 spiro atoms. The number of amides is 2. The summed E-state index contributed by atoms with van der Waals surface area (Å²) in [6, 6.07) is 14.3. The minimum atomic E-state index is -0.0184. The number of anilines is 1. The van der Waals surface area contributed by atoms with Gasteiger partial charge in [0, 0.05) is 49.0 Å². The summed E-state index contributed by atoms with van der Waals surface area (Å²) in [4.78, 5) is 21.0. The number of rotatable bonds is 2. The van der Waals surface area contributed by atoms with Gasteiger partial charge >= 0.3 is 6.03 Å². The molecular weight excluding hydrogens is 352 g/mol. The van der Waals surface area contributed by atoms with Gasteiger partial charge in [-0.3, -0.25) is 4.98 Å². The molecule has 2 aliphatic rings. The molecular formula is C22H22N4O2. The van der Waals surface area contributed by atoms with Crippen LogP contribution in [-0.4, -0.2) is 54.6 Å². The normalized spacial score (nSPS) is 20.8. The molecule has 0 saturated carbocycles. The first-order chi connectivity index (χ1) is 13.6. The number of nitrogens with zero attached hydrogens (tertiary/aromatic N) is 3. The molecule has 0 aliphatic carbocycles. The highest BCUT2D eigenvalue weighted by Crippen LogP contribution is 2.46. The third-order valence-electron chi connectivity index (χ3n) is 6.02. The van der Waals surface area contributed by atoms with Crippen molar-refractivity contribution in [3.8, 4) is 16.9 Å². The lowest BCUT2D eigenvalue weighted by molar-refractivity contribution is 0.200. The van der Waals surface area contributed by atoms with Gasteiger partial charge in [-0.1, -0.05) is 18.2 Å². The number of nitrogens with one attached hydrogen (secondary N) is 1. The summed E-state index contributed by atoms with van der Waals surface area (Å²) in [5.41, 5.74) is 5.20. The van der Waals surface area contributed by atoms with Crippen LogP contribution < -0.4 is 10.1 Å². The van der Waals surface area contributed by atoms with Gasteiger partial charge < -0.3 is 19.9 Å². The average Bonchev–Trinajstić information content (AvgIpc) is 2.97. The Hall–Kier alpha value is -3.28. The third kappa shape index (κ3) is 2.21. The van der Waals surface area contributed by atoms with E-state index in [2.05, 4.69) is 22.4 Å². The second kappa shape index (κ2) is 6.12. The number of carbonyl (C=O) groups is 1. The fourth-order valence-corrected chi connectivity index (χ4v) is 4.66. The quantitative estimate of drug-likeness (QED) is 0.742. The second-order valence-corrected chi connectivity index (χ2v) is 7.38. The summed E-state index contributed by atoms with van der Waals surface area (Å²) >= 11 is 0. The highest BCUT2D eigenvalue weighted by molar-refractivity contribution is 6.02. The molecule has 3 heterocycles. The molecule has 142 valence electrons. The van der Waals surface area contributed by atoms with Gasteiger partial charge in [0.15, 0.2) is 0 Å². The first-order valence-corrected chi connectivity index (χ1v) is 9.40. The van der Waals surface area contributed by atoms with Gasteiger partial charge in [-0.05, 0) is 29.8 Å². The van der Waals surface area contributed by atoms with Crippen molar-refractivity contribution in [2.24, 2.45) is 0 Å². The lowest BCUT2D eigenvalue weighted by Gasteiger charge is -2.34. The number of fused-ring (bicyclic) bond motifs is 5. The Kier molecular flexibility index (Phi) is 3.69. The smallest absolute Gasteiger partial charge is 0.320 e. The Morgan fingerprint density at radius 1 is 1.07 bits per heavy atom. The molecule has 2 amide bonds. The summed E-state index contributed by atoms with van der Waals surface area (Å²) in [5, 5.41) is 4.60. The number of hydrogen-bond donors (Lipinski definition) is 1. The standard InChI is InChI=1S/C22H22N4O2/c1-25-17-12-24-16-9-8-15-19(20(16)21(17)26(2)22(25)27)14(10-11-23-15)13-6-4-5-7-18(13)28-3/h4-11,17,21,24H,12H2,1-3H3. The minimum absolute atomic E-state index is 0.0184. The Morgan fingerprint density at radius 3 is 2.71 bits per heavy atom. The molecule has 6 heteroatoms. The van der Waals surface area contributed by atoms with Crippen molar-refractivity contribution in [1.29, 1.82) is 0 Å². The fourth-order valence-electron chi connectivity index (χ4n) is 4.66. The van der Waals surface area contributed by atoms with E-state index in [0.717, 1.165) is 45.6 Å². The van der Waals surface area contributed by atoms with E-state index in [9.17, 15) is 4.79 Å². The lowest BCUT2D eigenvalue weighted by Crippen LogP contribution is -2.39. The molecule has 1 saturated heterocycles. The largest absolute Gasteiger partial charge is 0.496 e. The predicted molar refractivity (Wildman–Crippen MR) is 110 cm³/mol. The van der Waals surface area contributed by atoms with E-state index in [0.29, 0.717) is 0 Å². The van der Waals surface area contributed by atoms with Crippen LogP contribution in [0.15, 0.2) is 48.7 Å². The van der Waals surface area contributed by atoms with Crippen LogP contribution in [0.3, 0.4) is 0 Å². The van der Waals surface area contributed by atoms with E-state index in [-0.39, 0.29) is 18.1 Å². The molecule has 1 aromatic heterocycles. The number of ether oxygens (including phenoxy) is 1. The topological polar surface area (TPSA) is 57.7 Å². The van der Waals surface area contributed by atoms with E-state index >= 15 is 0 Å². The number of pyridine rings is 1. The minimum Gasteiger partial charge on any atom is -0.496 e. The van der Waals surface area contributed by atoms with Gasteiger partial charge in [-0.15, -0.1) is 0 Å². The molecule has 5 rings (SSSR count). The summed E-state index contributed by atoms with van der Waals surface area (Å²) in [7, 11) is 5.45. The van der Waals surface area contributed by atoms with Crippen LogP contribution in [0.1, 0.15) is 11.6 Å². The van der Waals surface area contributed by atoms with Crippen LogP contribution in [0.2, 0.25) is 0 Å². The summed E-state index contributed by atoms with van der Waals surface area (Å²) in [6.45, 7) is 0.736. The Bertz CT molecular complexity index is 1100. The molecule has 1 fully saturated rings. The van der Waals surface area contributed by atoms with Crippen molar-refractivity contribution in [2.75, 3.05) is 33.1 Å². The van der Waals surface area contributed by atoms with E-state index in [4.69, 9.17) is 4.74 Å². The van der Waals surface area contributed by atoms with E-state index < -0.39 is 0 Å². The van der Waals surface area contributed by atoms with Gasteiger partial charge in [-0.25, -0.2) is 4.79 Å². The Balaban J connectivity index is 1.84. The molecule has 28 heavy (non-hydrogen) atoms. The van der Waals surface area contributed by atoms with Crippen molar-refractivity contribution >= 4 is 22.6 Å². The molecule has 0 bridgehead atoms. The monoisotopic (exact) mass is 374 g/mol. The van der Waals surface area contributed by atoms with Gasteiger partial charge in [-0.2, -0.15) is 0 Å². The first kappa shape index (κ1) is 16.9. The number of para-hydroxylation sites is 1. The van der Waals surface area contributed by atoms with Gasteiger partial charge in [0.05, 0.1) is 24.7 Å². The van der Waals surface area contributed by atoms with Crippen LogP contribution in [0.25, 0.3) is 22.0 Å². The lowest BCUT2D eigenvalue weighted by atomic mass is 9.87. The fraction of sp³-hybridized carbons (Fsp3) is 0.273. The summed E-state index contributed by atoms with van der Waals surface area (Å²) < 4.78 is 5.63. The molecule has 0 radical (unpaired) electrons. The molecule has 6 nitrogen and oxygen atoms in total. The second-order valence-electron chi connectivity index (χ2n) is 7.38. The zero-order valence-electron chi connectivity index (χ0n) is 16.1. The van der Waals surface area contributed by atoms with E-state index in [1.165, 1.54) is 0 Å². The zero-order chi connectivity index (χ0) is 19.4. The number of likely N-dealkylation sites (N-methyl/N-ethyl adjacent to an activating group) is 2. The number of aromatic nitrogens is 1. The van der Waals surface area contributed by atoms with Crippen LogP contribution in [0, 0.1) is 0 Å². The van der Waals surface area contributed by atoms with Crippen LogP contribution >= 0.6 is 0 Å². The van der Waals surface area contributed by atoms with Crippen molar-refractivity contribution in [1.82, 2.24) is 14.8 Å². The Labute approximate surface area is 163 Å². The van der Waals surface area contributed by atoms with Crippen LogP contribution in [0.5, 0.6) is 5.75 Å². The maximum absolute atomic E-state index is 12.7. The van der Waals surface area contributed by atoms with E-state index in [1.54, 1.807) is 7.11 Å². The molecule has 2 unspecified atom stereocenters. The van der Waals surface area contributed by atoms with Crippen molar-refractivity contribution in [3.63, 3.8) is 0 Å². The highest BCUT2D eigenvalue weighted by Gasteiger charge is 2.46. The molecule has 2 aliphatic heterocycles. The molecule has 3 aromatic rings. The van der Waals surface area contributed by atoms with E-state index in [1.807, 2.05) is 60.4 Å². The summed E-state index contributed by atoms with van der Waals surface area (Å²) in [5.74, 6) is 0.820. The van der Waals surface area contributed by atoms with Gasteiger partial charge in [0.25, 0.3) is 0 Å². The SMILES string of the molecule is COc1ccccc1-c1ccnc2ccc3c(c12)C1C(CN3)N(C)C(=O)N1C. The van der Waals surface area contributed by atoms with Gasteiger partial charge in [0.1, 0.15) is 5.75 Å². The number of carbonyl (C=O) groups excluding carboxylic acids is 1. The van der Waals surface area contributed by atoms with Crippen LogP contribution in [0.4, 0.5) is 10.5 Å². The van der Waals surface area contributed by atoms with Gasteiger partial charge in [0.2, 0.25) is 0 Å². The number of methoxy groups -OCH3 is 1. The molecule has 2 atom stereocenters. The van der Waals surface area contributed by atoms with Crippen molar-refractivity contribution in [2.45, 2.75) is 12.1 Å². The highest BCUT2D eigenvalue weighted by atomic mass is 16.5. The average molecular weight is 374 g/mol. The van der Waals surface area contributed by atoms with Crippen molar-refractivity contribution < 1.29 is 9.53 Å². The van der Waals surface area contributed by atoms with Crippen LogP contribution in [-0.2, 0) is 0 Å². The molecule has 1 N–H and O–H groups in total. The predicted octanol–water partition coefficient (Wildman–Crippen LogP) is 3.74. The number of urea groups is 1. The summed E-state index contributed by atoms with van der Waals surface area (Å²) in [6.07, 6.45) is 1.83. The maximum atomic E-state index is 12.7.